The lowest BCUT2D eigenvalue weighted by Crippen LogP contribution is -2.43. The van der Waals surface area contributed by atoms with Crippen LogP contribution in [0.25, 0.3) is 32.1 Å². The van der Waals surface area contributed by atoms with Crippen molar-refractivity contribution in [2.24, 2.45) is 0 Å². The smallest absolute Gasteiger partial charge is 0.319 e. The Morgan fingerprint density at radius 2 is 2.15 bits per heavy atom. The van der Waals surface area contributed by atoms with E-state index in [1.54, 1.807) is 13.2 Å². The molecule has 0 amide bonds. The number of aromatic nitrogens is 2. The monoisotopic (exact) mass is 664 g/mol. The van der Waals surface area contributed by atoms with Gasteiger partial charge in [0, 0.05) is 31.1 Å². The zero-order valence-corrected chi connectivity index (χ0v) is 26.7. The van der Waals surface area contributed by atoms with Crippen LogP contribution in [0.4, 0.5) is 19.6 Å². The van der Waals surface area contributed by atoms with Crippen LogP contribution in [0.5, 0.6) is 11.8 Å². The Hall–Kier alpha value is -4.02. The number of hydrogen-bond donors (Lipinski definition) is 1. The number of thiophene rings is 1. The van der Waals surface area contributed by atoms with Crippen LogP contribution < -0.4 is 20.1 Å². The Bertz CT molecular complexity index is 1980. The van der Waals surface area contributed by atoms with Crippen LogP contribution in [-0.2, 0) is 4.74 Å². The van der Waals surface area contributed by atoms with Crippen molar-refractivity contribution in [2.75, 3.05) is 57.2 Å². The van der Waals surface area contributed by atoms with E-state index in [4.69, 9.17) is 36.5 Å². The molecule has 0 radical (unpaired) electrons. The van der Waals surface area contributed by atoms with E-state index >= 15 is 4.39 Å². The lowest BCUT2D eigenvalue weighted by Gasteiger charge is -2.31. The molecule has 0 aliphatic carbocycles. The maximum absolute atomic E-state index is 17.1. The Morgan fingerprint density at radius 3 is 2.91 bits per heavy atom. The first-order chi connectivity index (χ1) is 22.2. The van der Waals surface area contributed by atoms with Crippen LogP contribution >= 0.6 is 22.9 Å². The number of nitrogen functional groups attached to an aromatic ring is 1. The zero-order chi connectivity index (χ0) is 32.3. The molecule has 13 heteroatoms. The Morgan fingerprint density at radius 1 is 1.33 bits per heavy atom. The second kappa shape index (κ2) is 11.7. The molecule has 2 N–H and O–H groups in total. The van der Waals surface area contributed by atoms with Gasteiger partial charge in [0.1, 0.15) is 41.4 Å². The molecule has 0 bridgehead atoms. The molecule has 2 atom stereocenters. The summed E-state index contributed by atoms with van der Waals surface area (Å²) in [5.74, 6) is -0.851. The van der Waals surface area contributed by atoms with Crippen LogP contribution in [0, 0.1) is 23.0 Å². The lowest BCUT2D eigenvalue weighted by atomic mass is 9.94. The topological polar surface area (TPSA) is 110 Å². The van der Waals surface area contributed by atoms with Gasteiger partial charge in [-0.1, -0.05) is 35.9 Å². The summed E-state index contributed by atoms with van der Waals surface area (Å²) in [4.78, 5) is 13.7. The van der Waals surface area contributed by atoms with Crippen LogP contribution in [0.3, 0.4) is 0 Å². The Balaban J connectivity index is 1.47. The summed E-state index contributed by atoms with van der Waals surface area (Å²) in [5, 5.41) is 10.4. The summed E-state index contributed by atoms with van der Waals surface area (Å²) in [5.41, 5.74) is 7.09. The number of anilines is 2. The molecule has 9 nitrogen and oxygen atoms in total. The predicted molar refractivity (Wildman–Crippen MR) is 176 cm³/mol. The number of hydrogen-bond acceptors (Lipinski definition) is 10. The lowest BCUT2D eigenvalue weighted by molar-refractivity contribution is 0.108. The Labute approximate surface area is 273 Å². The number of rotatable bonds is 8. The number of benzene rings is 2. The highest BCUT2D eigenvalue weighted by Gasteiger charge is 2.46. The molecule has 2 fully saturated rings. The van der Waals surface area contributed by atoms with Crippen LogP contribution in [0.2, 0.25) is 5.02 Å². The molecule has 0 saturated carbocycles. The molecule has 238 valence electrons. The zero-order valence-electron chi connectivity index (χ0n) is 25.2. The molecular formula is C33H31ClF2N6O3S. The number of nitrogens with two attached hydrogens (primary N) is 1. The quantitative estimate of drug-likeness (QED) is 0.212. The van der Waals surface area contributed by atoms with Crippen molar-refractivity contribution in [1.82, 2.24) is 14.9 Å². The maximum Gasteiger partial charge on any atom is 0.319 e. The number of ether oxygens (including phenoxy) is 3. The van der Waals surface area contributed by atoms with Gasteiger partial charge in [0.25, 0.3) is 0 Å². The van der Waals surface area contributed by atoms with E-state index in [2.05, 4.69) is 23.0 Å². The van der Waals surface area contributed by atoms with Crippen molar-refractivity contribution in [2.45, 2.75) is 30.8 Å². The van der Waals surface area contributed by atoms with Crippen LogP contribution in [-0.4, -0.2) is 73.0 Å². The number of nitriles is 1. The highest BCUT2D eigenvalue weighted by atomic mass is 35.5. The van der Waals surface area contributed by atoms with Crippen molar-refractivity contribution in [3.8, 4) is 29.0 Å². The minimum atomic E-state index is -0.791. The van der Waals surface area contributed by atoms with Gasteiger partial charge < -0.3 is 24.8 Å². The third kappa shape index (κ3) is 4.68. The normalized spacial score (nSPS) is 21.0. The van der Waals surface area contributed by atoms with E-state index in [1.165, 1.54) is 12.1 Å². The molecule has 46 heavy (non-hydrogen) atoms. The standard InChI is InChI=1S/C33H31ClF2N6O3S/c1-4-18-15-44-28-24-27(26(36)23(25(28)34)19-6-7-21(35)29-22(19)20(13-37)30(38)46-29)39-32(40-31(24)42(18)10-11-43-3)45-16-33-8-5-9-41(33)14-17(2)12-33/h4,6-7,18H,1-2,5,8-12,14-16,38H2,3H3/t18-,33-/m0/s1. The van der Waals surface area contributed by atoms with E-state index in [9.17, 15) is 9.65 Å². The van der Waals surface area contributed by atoms with Crippen molar-refractivity contribution in [3.63, 3.8) is 0 Å². The van der Waals surface area contributed by atoms with Gasteiger partial charge in [-0.25, -0.2) is 8.78 Å². The summed E-state index contributed by atoms with van der Waals surface area (Å²) < 4.78 is 50.2. The molecule has 4 aromatic rings. The van der Waals surface area contributed by atoms with Crippen molar-refractivity contribution >= 4 is 54.7 Å². The van der Waals surface area contributed by atoms with Gasteiger partial charge in [-0.15, -0.1) is 17.9 Å². The summed E-state index contributed by atoms with van der Waals surface area (Å²) in [7, 11) is 1.59. The van der Waals surface area contributed by atoms with Crippen molar-refractivity contribution < 1.29 is 23.0 Å². The van der Waals surface area contributed by atoms with Gasteiger partial charge in [-0.05, 0) is 37.4 Å². The number of nitrogens with zero attached hydrogens (tertiary/aromatic N) is 5. The van der Waals surface area contributed by atoms with E-state index in [0.29, 0.717) is 25.6 Å². The average Bonchev–Trinajstić information content (AvgIpc) is 3.65. The van der Waals surface area contributed by atoms with Gasteiger partial charge in [0.05, 0.1) is 38.9 Å². The summed E-state index contributed by atoms with van der Waals surface area (Å²) in [6.45, 7) is 11.1. The largest absolute Gasteiger partial charge is 0.489 e. The molecule has 5 heterocycles. The highest BCUT2D eigenvalue weighted by molar-refractivity contribution is 7.23. The highest BCUT2D eigenvalue weighted by Crippen LogP contribution is 2.51. The van der Waals surface area contributed by atoms with Crippen LogP contribution in [0.1, 0.15) is 24.8 Å². The molecule has 3 aliphatic rings. The number of fused-ring (bicyclic) bond motifs is 2. The van der Waals surface area contributed by atoms with Gasteiger partial charge in [0.2, 0.25) is 0 Å². The van der Waals surface area contributed by atoms with Crippen molar-refractivity contribution in [3.05, 3.63) is 59.2 Å². The molecule has 2 aromatic heterocycles. The summed E-state index contributed by atoms with van der Waals surface area (Å²) in [6, 6.07) is 4.25. The van der Waals surface area contributed by atoms with Gasteiger partial charge in [-0.3, -0.25) is 4.90 Å². The molecule has 2 aromatic carbocycles. The summed E-state index contributed by atoms with van der Waals surface area (Å²) >= 11 is 7.93. The molecule has 3 aliphatic heterocycles. The van der Waals surface area contributed by atoms with Gasteiger partial charge in [0.15, 0.2) is 11.6 Å². The van der Waals surface area contributed by atoms with Gasteiger partial charge >= 0.3 is 6.01 Å². The van der Waals surface area contributed by atoms with Crippen molar-refractivity contribution in [1.29, 1.82) is 5.26 Å². The fourth-order valence-corrected chi connectivity index (χ4v) is 8.39. The average molecular weight is 665 g/mol. The van der Waals surface area contributed by atoms with Gasteiger partial charge in [-0.2, -0.15) is 15.2 Å². The van der Waals surface area contributed by atoms with E-state index in [1.807, 2.05) is 11.0 Å². The third-order valence-electron chi connectivity index (χ3n) is 9.23. The first kappa shape index (κ1) is 30.6. The second-order valence-corrected chi connectivity index (χ2v) is 13.3. The Kier molecular flexibility index (Phi) is 7.76. The molecule has 2 saturated heterocycles. The molecule has 0 unspecified atom stereocenters. The first-order valence-corrected chi connectivity index (χ1v) is 16.1. The first-order valence-electron chi connectivity index (χ1n) is 14.9. The molecule has 7 rings (SSSR count). The van der Waals surface area contributed by atoms with E-state index in [-0.39, 0.29) is 77.7 Å². The maximum atomic E-state index is 17.1. The molecular weight excluding hydrogens is 634 g/mol. The third-order valence-corrected chi connectivity index (χ3v) is 10.6. The minimum absolute atomic E-state index is 0.00627. The summed E-state index contributed by atoms with van der Waals surface area (Å²) in [6.07, 6.45) is 4.52. The number of methoxy groups -OCH3 is 1. The fourth-order valence-electron chi connectivity index (χ4n) is 7.11. The van der Waals surface area contributed by atoms with E-state index in [0.717, 1.165) is 49.3 Å². The second-order valence-electron chi connectivity index (χ2n) is 11.9. The minimum Gasteiger partial charge on any atom is -0.489 e. The SMILES string of the molecule is C=C[C@H]1COc2c(Cl)c(-c3ccc(F)c4sc(N)c(C#N)c34)c(F)c3nc(OC[C@@]45CCCN4CC(=C)C5)nc(c23)N1CCOC. The molecule has 0 spiro atoms. The van der Waals surface area contributed by atoms with E-state index < -0.39 is 11.6 Å². The fraction of sp³-hybridized carbons (Fsp3) is 0.364. The predicted octanol–water partition coefficient (Wildman–Crippen LogP) is 6.47. The number of halogens is 3. The van der Waals surface area contributed by atoms with Crippen LogP contribution in [0.15, 0.2) is 36.9 Å².